The van der Waals surface area contributed by atoms with Crippen molar-refractivity contribution in [2.24, 2.45) is 0 Å². The van der Waals surface area contributed by atoms with E-state index in [1.54, 1.807) is 0 Å². The summed E-state index contributed by atoms with van der Waals surface area (Å²) in [5.41, 5.74) is -12.3. The molecule has 0 saturated carbocycles. The molecule has 148 valence electrons. The molecular formula is C10H15F6N3O4S2. The maximum Gasteiger partial charge on any atom is 0.512 e. The third kappa shape index (κ3) is 7.11. The predicted octanol–water partition coefficient (Wildman–Crippen LogP) is 1.51. The molecule has 1 aliphatic rings. The van der Waals surface area contributed by atoms with E-state index >= 15 is 0 Å². The highest BCUT2D eigenvalue weighted by Crippen LogP contribution is 2.27. The molecule has 1 N–H and O–H groups in total. The molecule has 0 aliphatic carbocycles. The Kier molecular flexibility index (Phi) is 7.78. The summed E-state index contributed by atoms with van der Waals surface area (Å²) in [7, 11) is -13.2. The Bertz CT molecular complexity index is 642. The van der Waals surface area contributed by atoms with E-state index in [0.717, 1.165) is 19.8 Å². The first-order valence-electron chi connectivity index (χ1n) is 6.26. The number of rotatable bonds is 5. The van der Waals surface area contributed by atoms with Gasteiger partial charge in [0.1, 0.15) is 0 Å². The summed E-state index contributed by atoms with van der Waals surface area (Å²) in [6, 6.07) is 0. The van der Waals surface area contributed by atoms with Gasteiger partial charge in [0.05, 0.1) is 6.67 Å². The molecule has 0 aromatic heterocycles. The van der Waals surface area contributed by atoms with Crippen LogP contribution < -0.4 is 4.13 Å². The first kappa shape index (κ1) is 23.5. The lowest BCUT2D eigenvalue weighted by Crippen LogP contribution is -2.45. The number of alkyl halides is 6. The van der Waals surface area contributed by atoms with E-state index in [0.29, 0.717) is 0 Å². The quantitative estimate of drug-likeness (QED) is 0.537. The van der Waals surface area contributed by atoms with Gasteiger partial charge < -0.3 is 9.80 Å². The zero-order chi connectivity index (χ0) is 20.1. The predicted molar refractivity (Wildman–Crippen MR) is 76.4 cm³/mol. The summed E-state index contributed by atoms with van der Waals surface area (Å²) < 4.78 is 108. The SMILES string of the molecule is C=CCN1C=CN(CC)C1.O=S(=O)(NS(=O)(=O)C(F)(F)F)C(F)(F)F. The van der Waals surface area contributed by atoms with E-state index < -0.39 is 35.2 Å². The van der Waals surface area contributed by atoms with Crippen molar-refractivity contribution in [2.75, 3.05) is 19.8 Å². The maximum absolute atomic E-state index is 11.5. The lowest BCUT2D eigenvalue weighted by atomic mass is 10.6. The van der Waals surface area contributed by atoms with E-state index in [2.05, 4.69) is 35.7 Å². The lowest BCUT2D eigenvalue weighted by molar-refractivity contribution is -0.0476. The topological polar surface area (TPSA) is 86.8 Å². The molecule has 0 fully saturated rings. The van der Waals surface area contributed by atoms with Crippen LogP contribution in [0.2, 0.25) is 0 Å². The summed E-state index contributed by atoms with van der Waals surface area (Å²) in [5, 5.41) is 0. The van der Waals surface area contributed by atoms with Gasteiger partial charge >= 0.3 is 31.1 Å². The van der Waals surface area contributed by atoms with Crippen LogP contribution >= 0.6 is 0 Å². The van der Waals surface area contributed by atoms with Gasteiger partial charge in [-0.2, -0.15) is 26.3 Å². The minimum Gasteiger partial charge on any atom is -0.359 e. The number of nitrogens with zero attached hydrogens (tertiary/aromatic N) is 2. The molecule has 0 aromatic rings. The smallest absolute Gasteiger partial charge is 0.359 e. The van der Waals surface area contributed by atoms with Crippen LogP contribution in [0, 0.1) is 0 Å². The average Bonchev–Trinajstić information content (AvgIpc) is 2.84. The molecule has 0 amide bonds. The molecule has 0 spiro atoms. The number of sulfonamides is 2. The van der Waals surface area contributed by atoms with Crippen LogP contribution in [0.5, 0.6) is 0 Å². The molecule has 0 unspecified atom stereocenters. The van der Waals surface area contributed by atoms with Crippen LogP contribution in [0.15, 0.2) is 25.1 Å². The fourth-order valence-corrected chi connectivity index (χ4v) is 3.16. The number of hydrogen-bond acceptors (Lipinski definition) is 6. The Morgan fingerprint density at radius 2 is 1.40 bits per heavy atom. The van der Waals surface area contributed by atoms with Crippen LogP contribution in [-0.4, -0.2) is 57.4 Å². The second kappa shape index (κ2) is 8.27. The third-order valence-electron chi connectivity index (χ3n) is 2.45. The van der Waals surface area contributed by atoms with Crippen molar-refractivity contribution in [1.29, 1.82) is 0 Å². The first-order chi connectivity index (χ1) is 11.1. The van der Waals surface area contributed by atoms with Crippen molar-refractivity contribution in [3.63, 3.8) is 0 Å². The Labute approximate surface area is 140 Å². The Morgan fingerprint density at radius 3 is 1.68 bits per heavy atom. The molecular weight excluding hydrogens is 404 g/mol. The van der Waals surface area contributed by atoms with Crippen LogP contribution in [0.3, 0.4) is 0 Å². The van der Waals surface area contributed by atoms with Crippen molar-refractivity contribution in [3.8, 4) is 0 Å². The molecule has 0 radical (unpaired) electrons. The molecule has 15 heteroatoms. The highest BCUT2D eigenvalue weighted by atomic mass is 32.3. The maximum atomic E-state index is 11.5. The summed E-state index contributed by atoms with van der Waals surface area (Å²) in [4.78, 5) is 4.47. The minimum absolute atomic E-state index is 0.493. The number of nitrogens with one attached hydrogen (secondary N) is 1. The van der Waals surface area contributed by atoms with Gasteiger partial charge in [0.2, 0.25) is 0 Å². The van der Waals surface area contributed by atoms with Crippen LogP contribution in [0.1, 0.15) is 6.92 Å². The van der Waals surface area contributed by atoms with Gasteiger partial charge in [-0.3, -0.25) is 0 Å². The molecule has 1 rings (SSSR count). The summed E-state index contributed by atoms with van der Waals surface area (Å²) in [6.07, 6.45) is 6.14. The van der Waals surface area contributed by atoms with Crippen LogP contribution in [-0.2, 0) is 20.0 Å². The van der Waals surface area contributed by atoms with Crippen molar-refractivity contribution < 1.29 is 43.2 Å². The number of hydrogen-bond donors (Lipinski definition) is 1. The van der Waals surface area contributed by atoms with Crippen molar-refractivity contribution in [3.05, 3.63) is 25.1 Å². The molecule has 0 bridgehead atoms. The van der Waals surface area contributed by atoms with E-state index in [-0.39, 0.29) is 0 Å². The highest BCUT2D eigenvalue weighted by Gasteiger charge is 2.55. The Balaban J connectivity index is 0.000000496. The van der Waals surface area contributed by atoms with Gasteiger partial charge in [0.25, 0.3) is 0 Å². The van der Waals surface area contributed by atoms with Gasteiger partial charge in [-0.25, -0.2) is 16.8 Å². The zero-order valence-corrected chi connectivity index (χ0v) is 14.3. The molecule has 7 nitrogen and oxygen atoms in total. The van der Waals surface area contributed by atoms with Crippen LogP contribution in [0.4, 0.5) is 26.3 Å². The van der Waals surface area contributed by atoms with Gasteiger partial charge in [-0.15, -0.1) is 6.58 Å². The average molecular weight is 419 g/mol. The summed E-state index contributed by atoms with van der Waals surface area (Å²) >= 11 is 0. The molecule has 0 saturated heterocycles. The minimum atomic E-state index is -6.60. The van der Waals surface area contributed by atoms with Gasteiger partial charge in [-0.1, -0.05) is 10.2 Å². The fourth-order valence-electron chi connectivity index (χ4n) is 1.24. The van der Waals surface area contributed by atoms with Gasteiger partial charge in [0, 0.05) is 25.5 Å². The summed E-state index contributed by atoms with van der Waals surface area (Å²) in [6.45, 7) is 8.89. The normalized spacial score (nSPS) is 15.8. The lowest BCUT2D eigenvalue weighted by Gasteiger charge is -2.17. The van der Waals surface area contributed by atoms with Crippen molar-refractivity contribution in [2.45, 2.75) is 17.9 Å². The first-order valence-corrected chi connectivity index (χ1v) is 9.22. The van der Waals surface area contributed by atoms with Crippen LogP contribution in [0.25, 0.3) is 0 Å². The second-order valence-electron chi connectivity index (χ2n) is 4.39. The number of halogens is 6. The third-order valence-corrected chi connectivity index (χ3v) is 5.42. The van der Waals surface area contributed by atoms with Gasteiger partial charge in [-0.05, 0) is 6.92 Å². The van der Waals surface area contributed by atoms with Crippen molar-refractivity contribution in [1.82, 2.24) is 13.9 Å². The molecule has 0 atom stereocenters. The van der Waals surface area contributed by atoms with E-state index in [1.165, 1.54) is 0 Å². The standard InChI is InChI=1S/C8H14N2.C2HF6NO4S2/c1-3-5-10-7-6-9(4-2)8-10;3-1(4,5)14(10,11)9-15(12,13)2(6,7)8/h3,6-7H,1,4-5,8H2,2H3;9H. The molecule has 1 heterocycles. The second-order valence-corrected chi connectivity index (χ2v) is 7.99. The fraction of sp³-hybridized carbons (Fsp3) is 0.600. The monoisotopic (exact) mass is 419 g/mol. The molecule has 1 aliphatic heterocycles. The molecule has 0 aromatic carbocycles. The molecule has 25 heavy (non-hydrogen) atoms. The van der Waals surface area contributed by atoms with E-state index in [1.807, 2.05) is 6.08 Å². The largest absolute Gasteiger partial charge is 0.512 e. The van der Waals surface area contributed by atoms with Gasteiger partial charge in [0.15, 0.2) is 0 Å². The summed E-state index contributed by atoms with van der Waals surface area (Å²) in [5.74, 6) is 0. The Hall–Kier alpha value is -1.48. The highest BCUT2D eigenvalue weighted by molar-refractivity contribution is 8.05. The zero-order valence-electron chi connectivity index (χ0n) is 12.7. The van der Waals surface area contributed by atoms with Crippen molar-refractivity contribution >= 4 is 20.0 Å². The van der Waals surface area contributed by atoms with E-state index in [9.17, 15) is 43.2 Å². The van der Waals surface area contributed by atoms with E-state index in [4.69, 9.17) is 0 Å². The Morgan fingerprint density at radius 1 is 1.00 bits per heavy atom.